The third-order valence-corrected chi connectivity index (χ3v) is 5.31. The van der Waals surface area contributed by atoms with E-state index in [1.807, 2.05) is 6.92 Å². The molecule has 96 valence electrons. The zero-order chi connectivity index (χ0) is 13.1. The Balaban J connectivity index is 2.25. The predicted octanol–water partition coefficient (Wildman–Crippen LogP) is 3.11. The molecule has 0 aliphatic heterocycles. The van der Waals surface area contributed by atoms with Gasteiger partial charge in [-0.1, -0.05) is 18.2 Å². The van der Waals surface area contributed by atoms with Crippen molar-refractivity contribution in [2.24, 2.45) is 5.84 Å². The Labute approximate surface area is 125 Å². The van der Waals surface area contributed by atoms with Gasteiger partial charge in [-0.15, -0.1) is 11.3 Å². The summed E-state index contributed by atoms with van der Waals surface area (Å²) in [4.78, 5) is 4.50. The van der Waals surface area contributed by atoms with Crippen LogP contribution >= 0.6 is 33.9 Å². The SMILES string of the molecule is Cc1csc(CC(NN)c2cccc(C)c2I)n1. The van der Waals surface area contributed by atoms with Gasteiger partial charge in [0.1, 0.15) is 0 Å². The van der Waals surface area contributed by atoms with E-state index in [1.165, 1.54) is 14.7 Å². The molecule has 3 N–H and O–H groups in total. The van der Waals surface area contributed by atoms with Crippen LogP contribution in [0.5, 0.6) is 0 Å². The minimum absolute atomic E-state index is 0.113. The number of hydrazine groups is 1. The van der Waals surface area contributed by atoms with E-state index in [1.54, 1.807) is 11.3 Å². The maximum absolute atomic E-state index is 5.70. The number of benzene rings is 1. The molecule has 0 radical (unpaired) electrons. The van der Waals surface area contributed by atoms with E-state index >= 15 is 0 Å². The molecule has 1 aromatic carbocycles. The molecular formula is C13H16IN3S. The molecule has 5 heteroatoms. The lowest BCUT2D eigenvalue weighted by Crippen LogP contribution is -2.30. The molecule has 1 aromatic heterocycles. The number of nitrogens with two attached hydrogens (primary N) is 1. The first kappa shape index (κ1) is 13.9. The molecule has 1 heterocycles. The summed E-state index contributed by atoms with van der Waals surface area (Å²) in [5, 5.41) is 3.19. The predicted molar refractivity (Wildman–Crippen MR) is 84.5 cm³/mol. The molecule has 0 aliphatic rings. The third kappa shape index (κ3) is 3.09. The van der Waals surface area contributed by atoms with Crippen LogP contribution in [-0.4, -0.2) is 4.98 Å². The number of thiazole rings is 1. The van der Waals surface area contributed by atoms with E-state index in [-0.39, 0.29) is 6.04 Å². The van der Waals surface area contributed by atoms with E-state index in [4.69, 9.17) is 5.84 Å². The molecule has 1 atom stereocenters. The molecular weight excluding hydrogens is 357 g/mol. The summed E-state index contributed by atoms with van der Waals surface area (Å²) >= 11 is 4.07. The molecule has 0 saturated heterocycles. The van der Waals surface area contributed by atoms with Crippen LogP contribution in [0.25, 0.3) is 0 Å². The summed E-state index contributed by atoms with van der Waals surface area (Å²) in [6, 6.07) is 6.43. The molecule has 18 heavy (non-hydrogen) atoms. The highest BCUT2D eigenvalue weighted by atomic mass is 127. The van der Waals surface area contributed by atoms with Crippen LogP contribution in [0.4, 0.5) is 0 Å². The van der Waals surface area contributed by atoms with Gasteiger partial charge in [0.2, 0.25) is 0 Å². The number of nitrogens with one attached hydrogen (secondary N) is 1. The Bertz CT molecular complexity index is 539. The van der Waals surface area contributed by atoms with Gasteiger partial charge in [0.15, 0.2) is 0 Å². The zero-order valence-corrected chi connectivity index (χ0v) is 13.4. The number of aryl methyl sites for hydroxylation is 2. The average molecular weight is 373 g/mol. The molecule has 0 amide bonds. The number of rotatable bonds is 4. The lowest BCUT2D eigenvalue weighted by Gasteiger charge is -2.17. The van der Waals surface area contributed by atoms with Gasteiger partial charge in [0.25, 0.3) is 0 Å². The third-order valence-electron chi connectivity index (χ3n) is 2.84. The minimum Gasteiger partial charge on any atom is -0.271 e. The van der Waals surface area contributed by atoms with Crippen LogP contribution in [0.2, 0.25) is 0 Å². The second kappa shape index (κ2) is 6.10. The summed E-state index contributed by atoms with van der Waals surface area (Å²) in [5.41, 5.74) is 6.50. The van der Waals surface area contributed by atoms with Crippen molar-refractivity contribution in [1.29, 1.82) is 0 Å². The number of halogens is 1. The van der Waals surface area contributed by atoms with E-state index in [2.05, 4.69) is 63.5 Å². The highest BCUT2D eigenvalue weighted by molar-refractivity contribution is 14.1. The van der Waals surface area contributed by atoms with Crippen molar-refractivity contribution < 1.29 is 0 Å². The Morgan fingerprint density at radius 3 is 2.83 bits per heavy atom. The highest BCUT2D eigenvalue weighted by Gasteiger charge is 2.16. The Hall–Kier alpha value is -0.500. The van der Waals surface area contributed by atoms with Gasteiger partial charge < -0.3 is 0 Å². The monoisotopic (exact) mass is 373 g/mol. The first-order valence-corrected chi connectivity index (χ1v) is 7.69. The fraction of sp³-hybridized carbons (Fsp3) is 0.308. The first-order valence-electron chi connectivity index (χ1n) is 5.74. The van der Waals surface area contributed by atoms with Crippen molar-refractivity contribution in [2.45, 2.75) is 26.3 Å². The molecule has 3 nitrogen and oxygen atoms in total. The Morgan fingerprint density at radius 1 is 1.44 bits per heavy atom. The Morgan fingerprint density at radius 2 is 2.22 bits per heavy atom. The first-order chi connectivity index (χ1) is 8.61. The molecule has 0 fully saturated rings. The maximum Gasteiger partial charge on any atom is 0.0947 e. The van der Waals surface area contributed by atoms with Crippen molar-refractivity contribution in [2.75, 3.05) is 0 Å². The van der Waals surface area contributed by atoms with E-state index < -0.39 is 0 Å². The van der Waals surface area contributed by atoms with Crippen LogP contribution in [0.15, 0.2) is 23.6 Å². The fourth-order valence-electron chi connectivity index (χ4n) is 1.87. The van der Waals surface area contributed by atoms with Crippen molar-refractivity contribution in [1.82, 2.24) is 10.4 Å². The number of hydrogen-bond donors (Lipinski definition) is 2. The summed E-state index contributed by atoms with van der Waals surface area (Å²) < 4.78 is 1.27. The van der Waals surface area contributed by atoms with Crippen LogP contribution in [0.3, 0.4) is 0 Å². The van der Waals surface area contributed by atoms with E-state index in [0.29, 0.717) is 0 Å². The molecule has 0 aliphatic carbocycles. The summed E-state index contributed by atoms with van der Waals surface area (Å²) in [6.45, 7) is 4.13. The normalized spacial score (nSPS) is 12.7. The van der Waals surface area contributed by atoms with Gasteiger partial charge in [0.05, 0.1) is 11.0 Å². The van der Waals surface area contributed by atoms with E-state index in [9.17, 15) is 0 Å². The molecule has 0 spiro atoms. The van der Waals surface area contributed by atoms with Gasteiger partial charge in [0, 0.05) is 21.1 Å². The van der Waals surface area contributed by atoms with Crippen LogP contribution < -0.4 is 11.3 Å². The van der Waals surface area contributed by atoms with Gasteiger partial charge in [-0.3, -0.25) is 11.3 Å². The zero-order valence-electron chi connectivity index (χ0n) is 10.4. The lowest BCUT2D eigenvalue weighted by molar-refractivity contribution is 0.548. The number of nitrogens with zero attached hydrogens (tertiary/aromatic N) is 1. The van der Waals surface area contributed by atoms with Crippen LogP contribution in [-0.2, 0) is 6.42 Å². The average Bonchev–Trinajstić information content (AvgIpc) is 2.76. The van der Waals surface area contributed by atoms with Gasteiger partial charge in [-0.25, -0.2) is 4.98 Å². The number of aromatic nitrogens is 1. The van der Waals surface area contributed by atoms with Crippen molar-refractivity contribution >= 4 is 33.9 Å². The second-order valence-electron chi connectivity index (χ2n) is 4.28. The van der Waals surface area contributed by atoms with Gasteiger partial charge in [-0.05, 0) is 47.6 Å². The van der Waals surface area contributed by atoms with Gasteiger partial charge >= 0.3 is 0 Å². The van der Waals surface area contributed by atoms with Crippen LogP contribution in [0.1, 0.15) is 27.9 Å². The van der Waals surface area contributed by atoms with Crippen molar-refractivity contribution in [3.8, 4) is 0 Å². The highest BCUT2D eigenvalue weighted by Crippen LogP contribution is 2.26. The van der Waals surface area contributed by atoms with Crippen molar-refractivity contribution in [3.05, 3.63) is 49.0 Å². The quantitative estimate of drug-likeness (QED) is 0.492. The maximum atomic E-state index is 5.70. The van der Waals surface area contributed by atoms with Crippen molar-refractivity contribution in [3.63, 3.8) is 0 Å². The fourth-order valence-corrected chi connectivity index (χ4v) is 3.42. The van der Waals surface area contributed by atoms with E-state index in [0.717, 1.165) is 17.1 Å². The summed E-state index contributed by atoms with van der Waals surface area (Å²) in [6.07, 6.45) is 0.828. The summed E-state index contributed by atoms with van der Waals surface area (Å²) in [5.74, 6) is 5.70. The minimum atomic E-state index is 0.113. The smallest absolute Gasteiger partial charge is 0.0947 e. The van der Waals surface area contributed by atoms with Gasteiger partial charge in [-0.2, -0.15) is 0 Å². The largest absolute Gasteiger partial charge is 0.271 e. The number of hydrogen-bond acceptors (Lipinski definition) is 4. The molecule has 0 bridgehead atoms. The second-order valence-corrected chi connectivity index (χ2v) is 6.31. The standard InChI is InChI=1S/C13H16IN3S/c1-8-4-3-5-10(13(8)14)11(17-15)6-12-16-9(2)7-18-12/h3-5,7,11,17H,6,15H2,1-2H3. The summed E-state index contributed by atoms with van der Waals surface area (Å²) in [7, 11) is 0. The molecule has 2 aromatic rings. The topological polar surface area (TPSA) is 50.9 Å². The Kier molecular flexibility index (Phi) is 4.71. The van der Waals surface area contributed by atoms with Crippen LogP contribution in [0, 0.1) is 17.4 Å². The molecule has 0 saturated carbocycles. The lowest BCUT2D eigenvalue weighted by atomic mass is 10.0. The molecule has 2 rings (SSSR count). The molecule has 1 unspecified atom stereocenters.